The fourth-order valence-corrected chi connectivity index (χ4v) is 4.17. The lowest BCUT2D eigenvalue weighted by Crippen LogP contribution is -2.17. The number of alkyl halides is 3. The van der Waals surface area contributed by atoms with Gasteiger partial charge >= 0.3 is 6.18 Å². The van der Waals surface area contributed by atoms with Gasteiger partial charge in [0.2, 0.25) is 5.95 Å². The molecule has 0 aliphatic carbocycles. The van der Waals surface area contributed by atoms with Crippen LogP contribution in [0.1, 0.15) is 11.1 Å². The number of rotatable bonds is 6. The van der Waals surface area contributed by atoms with Crippen molar-refractivity contribution in [2.24, 2.45) is 7.05 Å². The summed E-state index contributed by atoms with van der Waals surface area (Å²) in [6.45, 7) is -0.0800. The number of pyridine rings is 1. The molecule has 0 saturated carbocycles. The van der Waals surface area contributed by atoms with E-state index < -0.39 is 17.6 Å². The Kier molecular flexibility index (Phi) is 6.12. The van der Waals surface area contributed by atoms with Gasteiger partial charge in [0, 0.05) is 26.0 Å². The SMILES string of the molecule is CN(C)Cc1cc(F)c(Nc2nc3ncc(Oc4cnn5ccncc45)c(Cl)c3n2C)cc1C(F)(F)F. The van der Waals surface area contributed by atoms with Gasteiger partial charge in [0.05, 0.1) is 29.8 Å². The predicted molar refractivity (Wildman–Crippen MR) is 129 cm³/mol. The van der Waals surface area contributed by atoms with Crippen molar-refractivity contribution >= 4 is 39.9 Å². The summed E-state index contributed by atoms with van der Waals surface area (Å²) in [6, 6.07) is 1.60. The maximum Gasteiger partial charge on any atom is 0.416 e. The lowest BCUT2D eigenvalue weighted by molar-refractivity contribution is -0.138. The number of ether oxygens (including phenoxy) is 1. The van der Waals surface area contributed by atoms with Crippen LogP contribution in [0.3, 0.4) is 0 Å². The van der Waals surface area contributed by atoms with Crippen LogP contribution < -0.4 is 10.1 Å². The molecule has 5 rings (SSSR count). The third-order valence-corrected chi connectivity index (χ3v) is 5.91. The predicted octanol–water partition coefficient (Wildman–Crippen LogP) is 5.42. The normalized spacial score (nSPS) is 12.1. The Morgan fingerprint density at radius 2 is 1.92 bits per heavy atom. The van der Waals surface area contributed by atoms with Crippen LogP contribution in [0.25, 0.3) is 16.7 Å². The fraction of sp³-hybridized carbons (Fsp3) is 0.217. The third-order valence-electron chi connectivity index (χ3n) is 5.55. The maximum absolute atomic E-state index is 14.9. The van der Waals surface area contributed by atoms with Crippen molar-refractivity contribution in [1.82, 2.24) is 34.0 Å². The number of aryl methyl sites for hydroxylation is 1. The third kappa shape index (κ3) is 4.62. The Morgan fingerprint density at radius 3 is 2.65 bits per heavy atom. The average molecular weight is 535 g/mol. The van der Waals surface area contributed by atoms with Gasteiger partial charge in [-0.05, 0) is 31.8 Å². The van der Waals surface area contributed by atoms with E-state index in [2.05, 4.69) is 25.4 Å². The van der Waals surface area contributed by atoms with E-state index in [-0.39, 0.29) is 40.2 Å². The molecule has 0 spiro atoms. The summed E-state index contributed by atoms with van der Waals surface area (Å²) in [7, 11) is 4.77. The van der Waals surface area contributed by atoms with E-state index in [0.717, 1.165) is 12.1 Å². The molecule has 1 N–H and O–H groups in total. The van der Waals surface area contributed by atoms with Crippen LogP contribution in [-0.2, 0) is 19.8 Å². The van der Waals surface area contributed by atoms with Gasteiger partial charge in [-0.2, -0.15) is 23.3 Å². The second-order valence-corrected chi connectivity index (χ2v) is 8.85. The van der Waals surface area contributed by atoms with Crippen molar-refractivity contribution < 1.29 is 22.3 Å². The first kappa shape index (κ1) is 24.7. The Balaban J connectivity index is 1.51. The Morgan fingerprint density at radius 1 is 1.14 bits per heavy atom. The van der Waals surface area contributed by atoms with Crippen LogP contribution in [0.5, 0.6) is 11.5 Å². The topological polar surface area (TPSA) is 85.4 Å². The van der Waals surface area contributed by atoms with Crippen molar-refractivity contribution in [3.8, 4) is 11.5 Å². The molecule has 9 nitrogen and oxygen atoms in total. The van der Waals surface area contributed by atoms with E-state index in [1.165, 1.54) is 21.9 Å². The molecule has 1 aromatic carbocycles. The van der Waals surface area contributed by atoms with Crippen molar-refractivity contribution in [1.29, 1.82) is 0 Å². The number of halogens is 5. The van der Waals surface area contributed by atoms with E-state index >= 15 is 0 Å². The molecule has 0 saturated heterocycles. The first-order valence-electron chi connectivity index (χ1n) is 10.8. The fourth-order valence-electron chi connectivity index (χ4n) is 3.87. The minimum atomic E-state index is -4.67. The summed E-state index contributed by atoms with van der Waals surface area (Å²) in [4.78, 5) is 14.1. The first-order valence-corrected chi connectivity index (χ1v) is 11.2. The van der Waals surface area contributed by atoms with E-state index in [1.807, 2.05) is 0 Å². The highest BCUT2D eigenvalue weighted by Crippen LogP contribution is 2.38. The number of nitrogens with zero attached hydrogens (tertiary/aromatic N) is 7. The molecule has 4 aromatic heterocycles. The number of anilines is 2. The van der Waals surface area contributed by atoms with E-state index in [0.29, 0.717) is 16.8 Å². The van der Waals surface area contributed by atoms with Gasteiger partial charge in [0.1, 0.15) is 21.9 Å². The van der Waals surface area contributed by atoms with Gasteiger partial charge in [0.15, 0.2) is 17.1 Å². The van der Waals surface area contributed by atoms with Crippen LogP contribution >= 0.6 is 11.6 Å². The average Bonchev–Trinajstić information content (AvgIpc) is 3.37. The Bertz CT molecular complexity index is 1630. The Labute approximate surface area is 212 Å². The number of hydrogen-bond acceptors (Lipinski definition) is 7. The van der Waals surface area contributed by atoms with Gasteiger partial charge in [0.25, 0.3) is 0 Å². The molecule has 4 heterocycles. The summed E-state index contributed by atoms with van der Waals surface area (Å²) < 4.78 is 64.9. The molecular weight excluding hydrogens is 516 g/mol. The number of imidazole rings is 1. The van der Waals surface area contributed by atoms with Crippen LogP contribution in [0, 0.1) is 5.82 Å². The summed E-state index contributed by atoms with van der Waals surface area (Å²) in [5, 5.41) is 6.96. The molecule has 0 atom stereocenters. The zero-order valence-corrected chi connectivity index (χ0v) is 20.4. The zero-order valence-electron chi connectivity index (χ0n) is 19.7. The standard InChI is InChI=1S/C23H19ClF4N8O/c1-34(2)11-12-6-14(25)15(7-13(12)23(26,27)28)32-22-33-21-20(35(22)3)19(24)18(9-30-21)37-17-10-31-36-5-4-29-8-16(17)36/h4-10H,11H2,1-3H3,(H,30,32,33). The first-order chi connectivity index (χ1) is 17.5. The van der Waals surface area contributed by atoms with E-state index in [1.54, 1.807) is 44.2 Å². The summed E-state index contributed by atoms with van der Waals surface area (Å²) >= 11 is 6.59. The van der Waals surface area contributed by atoms with Gasteiger partial charge in [-0.15, -0.1) is 0 Å². The van der Waals surface area contributed by atoms with Crippen LogP contribution in [0.4, 0.5) is 29.2 Å². The molecule has 0 amide bonds. The largest absolute Gasteiger partial charge is 0.450 e. The minimum Gasteiger partial charge on any atom is -0.450 e. The van der Waals surface area contributed by atoms with Crippen LogP contribution in [-0.4, -0.2) is 48.1 Å². The molecule has 192 valence electrons. The maximum atomic E-state index is 14.9. The minimum absolute atomic E-state index is 0.0362. The van der Waals surface area contributed by atoms with Gasteiger partial charge in [-0.25, -0.2) is 13.9 Å². The highest BCUT2D eigenvalue weighted by atomic mass is 35.5. The van der Waals surface area contributed by atoms with Crippen molar-refractivity contribution in [3.05, 3.63) is 65.1 Å². The molecule has 0 aliphatic heterocycles. The second-order valence-electron chi connectivity index (χ2n) is 8.47. The smallest absolute Gasteiger partial charge is 0.416 e. The number of nitrogens with one attached hydrogen (secondary N) is 1. The lowest BCUT2D eigenvalue weighted by Gasteiger charge is -2.18. The molecule has 0 radical (unpaired) electrons. The molecule has 0 aliphatic rings. The Hall–Kier alpha value is -3.97. The van der Waals surface area contributed by atoms with E-state index in [9.17, 15) is 17.6 Å². The highest BCUT2D eigenvalue weighted by Gasteiger charge is 2.34. The van der Waals surface area contributed by atoms with Crippen LogP contribution in [0.15, 0.2) is 43.1 Å². The van der Waals surface area contributed by atoms with Crippen molar-refractivity contribution in [2.45, 2.75) is 12.7 Å². The quantitative estimate of drug-likeness (QED) is 0.291. The molecule has 37 heavy (non-hydrogen) atoms. The van der Waals surface area contributed by atoms with Gasteiger partial charge < -0.3 is 19.5 Å². The number of benzene rings is 1. The molecule has 14 heteroatoms. The zero-order chi connectivity index (χ0) is 26.5. The second kappa shape index (κ2) is 9.16. The van der Waals surface area contributed by atoms with Crippen molar-refractivity contribution in [3.63, 3.8) is 0 Å². The van der Waals surface area contributed by atoms with Crippen LogP contribution in [0.2, 0.25) is 5.02 Å². The lowest BCUT2D eigenvalue weighted by atomic mass is 10.0. The van der Waals surface area contributed by atoms with Gasteiger partial charge in [-0.3, -0.25) is 4.98 Å². The number of hydrogen-bond donors (Lipinski definition) is 1. The molecule has 0 unspecified atom stereocenters. The summed E-state index contributed by atoms with van der Waals surface area (Å²) in [5.74, 6) is -0.243. The summed E-state index contributed by atoms with van der Waals surface area (Å²) in [6.07, 6.45) is 2.98. The monoisotopic (exact) mass is 534 g/mol. The van der Waals surface area contributed by atoms with Gasteiger partial charge in [-0.1, -0.05) is 11.6 Å². The molecule has 0 fully saturated rings. The highest BCUT2D eigenvalue weighted by molar-refractivity contribution is 6.36. The van der Waals surface area contributed by atoms with E-state index in [4.69, 9.17) is 16.3 Å². The molecule has 5 aromatic rings. The van der Waals surface area contributed by atoms with Crippen molar-refractivity contribution in [2.75, 3.05) is 19.4 Å². The molecular formula is C23H19ClF4N8O. The summed E-state index contributed by atoms with van der Waals surface area (Å²) in [5.41, 5.74) is -0.403. The number of fused-ring (bicyclic) bond motifs is 2. The number of aromatic nitrogens is 6. The molecule has 0 bridgehead atoms.